The van der Waals surface area contributed by atoms with E-state index in [9.17, 15) is 15.0 Å². The van der Waals surface area contributed by atoms with E-state index < -0.39 is 18.1 Å². The predicted octanol–water partition coefficient (Wildman–Crippen LogP) is 1.25. The lowest BCUT2D eigenvalue weighted by Crippen LogP contribution is -2.27. The number of amides is 1. The summed E-state index contributed by atoms with van der Waals surface area (Å²) in [5.74, 6) is -0.410. The average Bonchev–Trinajstić information content (AvgIpc) is 2.53. The molecule has 2 unspecified atom stereocenters. The molecule has 1 aliphatic rings. The summed E-state index contributed by atoms with van der Waals surface area (Å²) >= 11 is 3.41. The zero-order valence-corrected chi connectivity index (χ0v) is 11.7. The molecule has 18 heavy (non-hydrogen) atoms. The fourth-order valence-corrected chi connectivity index (χ4v) is 2.71. The Balaban J connectivity index is 2.35. The van der Waals surface area contributed by atoms with Gasteiger partial charge in [0.1, 0.15) is 0 Å². The molecule has 3 N–H and O–H groups in total. The molecule has 0 spiro atoms. The Morgan fingerprint density at radius 2 is 2.22 bits per heavy atom. The van der Waals surface area contributed by atoms with Crippen molar-refractivity contribution in [3.05, 3.63) is 22.2 Å². The smallest absolute Gasteiger partial charge is 0.257 e. The van der Waals surface area contributed by atoms with Gasteiger partial charge in [-0.05, 0) is 35.0 Å². The number of nitrogens with one attached hydrogen (secondary N) is 1. The van der Waals surface area contributed by atoms with Gasteiger partial charge in [0, 0.05) is 29.3 Å². The molecule has 1 aromatic carbocycles. The molecule has 1 heterocycles. The largest absolute Gasteiger partial charge is 0.392 e. The molecule has 2 rings (SSSR count). The van der Waals surface area contributed by atoms with E-state index in [1.54, 1.807) is 19.1 Å². The highest BCUT2D eigenvalue weighted by Gasteiger charge is 2.29. The second kappa shape index (κ2) is 4.87. The van der Waals surface area contributed by atoms with E-state index in [4.69, 9.17) is 0 Å². The molecule has 0 radical (unpaired) electrons. The number of halogens is 1. The molecule has 6 heteroatoms. The molecule has 1 aromatic rings. The summed E-state index contributed by atoms with van der Waals surface area (Å²) < 4.78 is 0.778. The molecule has 0 saturated carbocycles. The van der Waals surface area contributed by atoms with Crippen molar-refractivity contribution in [1.29, 1.82) is 0 Å². The Morgan fingerprint density at radius 1 is 1.56 bits per heavy atom. The zero-order valence-electron chi connectivity index (χ0n) is 10.1. The number of carbonyl (C=O) groups excluding carboxylic acids is 1. The van der Waals surface area contributed by atoms with Crippen LogP contribution in [0.3, 0.4) is 0 Å². The van der Waals surface area contributed by atoms with Crippen LogP contribution in [-0.4, -0.2) is 35.8 Å². The molecule has 1 amide bonds. The van der Waals surface area contributed by atoms with Crippen LogP contribution in [0.1, 0.15) is 18.6 Å². The number of hydrogen-bond donors (Lipinski definition) is 3. The van der Waals surface area contributed by atoms with Crippen LogP contribution in [-0.2, 0) is 4.79 Å². The van der Waals surface area contributed by atoms with E-state index in [1.807, 2.05) is 11.9 Å². The van der Waals surface area contributed by atoms with Gasteiger partial charge < -0.3 is 20.4 Å². The van der Waals surface area contributed by atoms with Gasteiger partial charge in [0.25, 0.3) is 5.91 Å². The highest BCUT2D eigenvalue weighted by molar-refractivity contribution is 9.10. The maximum Gasteiger partial charge on any atom is 0.257 e. The zero-order chi connectivity index (χ0) is 13.4. The molecule has 0 saturated heterocycles. The van der Waals surface area contributed by atoms with Crippen LogP contribution in [0.5, 0.6) is 0 Å². The molecule has 1 aliphatic heterocycles. The minimum Gasteiger partial charge on any atom is -0.392 e. The number of likely N-dealkylation sites (N-methyl/N-ethyl adjacent to an activating group) is 1. The second-order valence-corrected chi connectivity index (χ2v) is 5.37. The van der Waals surface area contributed by atoms with Gasteiger partial charge in [0.2, 0.25) is 0 Å². The lowest BCUT2D eigenvalue weighted by molar-refractivity contribution is -0.123. The van der Waals surface area contributed by atoms with E-state index in [0.29, 0.717) is 17.8 Å². The van der Waals surface area contributed by atoms with Gasteiger partial charge in [-0.2, -0.15) is 0 Å². The van der Waals surface area contributed by atoms with Crippen molar-refractivity contribution in [2.24, 2.45) is 0 Å². The lowest BCUT2D eigenvalue weighted by Gasteiger charge is -2.23. The first-order valence-corrected chi connectivity index (χ1v) is 6.41. The van der Waals surface area contributed by atoms with Crippen molar-refractivity contribution in [1.82, 2.24) is 0 Å². The second-order valence-electron chi connectivity index (χ2n) is 4.51. The van der Waals surface area contributed by atoms with Gasteiger partial charge in [-0.3, -0.25) is 4.79 Å². The van der Waals surface area contributed by atoms with Crippen molar-refractivity contribution in [2.75, 3.05) is 23.8 Å². The van der Waals surface area contributed by atoms with Crippen LogP contribution in [0.2, 0.25) is 0 Å². The molecule has 0 bridgehead atoms. The van der Waals surface area contributed by atoms with Gasteiger partial charge in [-0.1, -0.05) is 0 Å². The number of rotatable bonds is 3. The molecule has 98 valence electrons. The topological polar surface area (TPSA) is 72.8 Å². The van der Waals surface area contributed by atoms with Gasteiger partial charge in [-0.15, -0.1) is 0 Å². The molecule has 0 aliphatic carbocycles. The number of hydrogen-bond acceptors (Lipinski definition) is 4. The Labute approximate surface area is 114 Å². The van der Waals surface area contributed by atoms with E-state index in [0.717, 1.165) is 10.2 Å². The van der Waals surface area contributed by atoms with E-state index >= 15 is 0 Å². The highest BCUT2D eigenvalue weighted by Crippen LogP contribution is 2.38. The number of aliphatic hydroxyl groups is 2. The van der Waals surface area contributed by atoms with Crippen LogP contribution in [0.25, 0.3) is 0 Å². The average molecular weight is 315 g/mol. The molecule has 2 atom stereocenters. The minimum absolute atomic E-state index is 0.410. The van der Waals surface area contributed by atoms with Crippen molar-refractivity contribution in [2.45, 2.75) is 19.1 Å². The van der Waals surface area contributed by atoms with E-state index in [2.05, 4.69) is 21.2 Å². The number of fused-ring (bicyclic) bond motifs is 1. The Hall–Kier alpha value is -1.11. The molecular formula is C12H15BrN2O3. The van der Waals surface area contributed by atoms with E-state index in [-0.39, 0.29) is 0 Å². The third kappa shape index (κ3) is 2.36. The third-order valence-corrected chi connectivity index (χ3v) is 3.50. The molecular weight excluding hydrogens is 300 g/mol. The summed E-state index contributed by atoms with van der Waals surface area (Å²) in [6.07, 6.45) is -1.55. The van der Waals surface area contributed by atoms with Crippen LogP contribution < -0.4 is 10.2 Å². The maximum atomic E-state index is 11.4. The lowest BCUT2D eigenvalue weighted by atomic mass is 10.1. The first kappa shape index (κ1) is 13.3. The van der Waals surface area contributed by atoms with Crippen molar-refractivity contribution < 1.29 is 15.0 Å². The van der Waals surface area contributed by atoms with Gasteiger partial charge in [0.15, 0.2) is 6.10 Å². The SMILES string of the molecule is CC(O)CN(C)c1cc2c(cc1Br)C(O)C(=O)N2. The first-order chi connectivity index (χ1) is 8.40. The number of aliphatic hydroxyl groups excluding tert-OH is 2. The van der Waals surface area contributed by atoms with Crippen molar-refractivity contribution >= 4 is 33.2 Å². The van der Waals surface area contributed by atoms with Gasteiger partial charge >= 0.3 is 0 Å². The fraction of sp³-hybridized carbons (Fsp3) is 0.417. The Morgan fingerprint density at radius 3 is 2.83 bits per heavy atom. The monoisotopic (exact) mass is 314 g/mol. The predicted molar refractivity (Wildman–Crippen MR) is 72.7 cm³/mol. The number of carbonyl (C=O) groups is 1. The quantitative estimate of drug-likeness (QED) is 0.785. The normalized spacial score (nSPS) is 19.4. The third-order valence-electron chi connectivity index (χ3n) is 2.87. The number of nitrogens with zero attached hydrogens (tertiary/aromatic N) is 1. The Bertz CT molecular complexity index is 490. The van der Waals surface area contributed by atoms with Crippen LogP contribution >= 0.6 is 15.9 Å². The Kier molecular flexibility index (Phi) is 3.61. The minimum atomic E-state index is -1.10. The summed E-state index contributed by atoms with van der Waals surface area (Å²) in [5.41, 5.74) is 2.04. The summed E-state index contributed by atoms with van der Waals surface area (Å²) in [4.78, 5) is 13.3. The molecule has 0 aromatic heterocycles. The van der Waals surface area contributed by atoms with Crippen LogP contribution in [0, 0.1) is 0 Å². The summed E-state index contributed by atoms with van der Waals surface area (Å²) in [5, 5.41) is 21.7. The molecule has 0 fully saturated rings. The highest BCUT2D eigenvalue weighted by atomic mass is 79.9. The maximum absolute atomic E-state index is 11.4. The summed E-state index contributed by atoms with van der Waals surface area (Å²) in [7, 11) is 1.85. The van der Waals surface area contributed by atoms with Crippen molar-refractivity contribution in [3.8, 4) is 0 Å². The van der Waals surface area contributed by atoms with Gasteiger partial charge in [-0.25, -0.2) is 0 Å². The standard InChI is InChI=1S/C12H15BrN2O3/c1-6(16)5-15(2)10-4-9-7(3-8(10)13)11(17)12(18)14-9/h3-4,6,11,16-17H,5H2,1-2H3,(H,14,18). The summed E-state index contributed by atoms with van der Waals surface area (Å²) in [6.45, 7) is 2.19. The van der Waals surface area contributed by atoms with Crippen molar-refractivity contribution in [3.63, 3.8) is 0 Å². The van der Waals surface area contributed by atoms with Crippen LogP contribution in [0.15, 0.2) is 16.6 Å². The molecule has 5 nitrogen and oxygen atoms in total. The van der Waals surface area contributed by atoms with E-state index in [1.165, 1.54) is 0 Å². The number of benzene rings is 1. The number of anilines is 2. The summed E-state index contributed by atoms with van der Waals surface area (Å²) in [6, 6.07) is 3.52. The first-order valence-electron chi connectivity index (χ1n) is 5.61. The van der Waals surface area contributed by atoms with Crippen LogP contribution in [0.4, 0.5) is 11.4 Å². The van der Waals surface area contributed by atoms with Gasteiger partial charge in [0.05, 0.1) is 11.8 Å². The fourth-order valence-electron chi connectivity index (χ4n) is 2.04.